The van der Waals surface area contributed by atoms with Crippen LogP contribution in [0.5, 0.6) is 0 Å². The van der Waals surface area contributed by atoms with E-state index in [-0.39, 0.29) is 23.1 Å². The molecule has 1 heterocycles. The van der Waals surface area contributed by atoms with E-state index in [9.17, 15) is 13.2 Å². The fraction of sp³-hybridized carbons (Fsp3) is 0.0667. The molecule has 22 heavy (non-hydrogen) atoms. The van der Waals surface area contributed by atoms with E-state index >= 15 is 0 Å². The Morgan fingerprint density at radius 3 is 2.55 bits per heavy atom. The predicted octanol–water partition coefficient (Wildman–Crippen LogP) is 2.79. The van der Waals surface area contributed by atoms with Crippen molar-refractivity contribution >= 4 is 16.7 Å². The lowest BCUT2D eigenvalue weighted by Gasteiger charge is -2.05. The molecule has 0 spiro atoms. The van der Waals surface area contributed by atoms with E-state index in [1.165, 1.54) is 22.9 Å². The first-order valence-electron chi connectivity index (χ1n) is 6.40. The van der Waals surface area contributed by atoms with Crippen LogP contribution in [-0.4, -0.2) is 15.6 Å². The summed E-state index contributed by atoms with van der Waals surface area (Å²) in [6.45, 7) is -0.0565. The van der Waals surface area contributed by atoms with E-state index in [1.807, 2.05) is 0 Å². The van der Waals surface area contributed by atoms with Gasteiger partial charge in [0.2, 0.25) is 0 Å². The van der Waals surface area contributed by atoms with E-state index in [4.69, 9.17) is 11.1 Å². The van der Waals surface area contributed by atoms with Crippen LogP contribution >= 0.6 is 0 Å². The maximum absolute atomic E-state index is 14.1. The fourth-order valence-electron chi connectivity index (χ4n) is 2.33. The summed E-state index contributed by atoms with van der Waals surface area (Å²) >= 11 is 0. The summed E-state index contributed by atoms with van der Waals surface area (Å²) < 4.78 is 42.4. The first kappa shape index (κ1) is 14.1. The minimum absolute atomic E-state index is 0.0187. The number of hydrogen-bond donors (Lipinski definition) is 2. The molecule has 4 nitrogen and oxygen atoms in total. The Hall–Kier alpha value is -2.83. The highest BCUT2D eigenvalue weighted by Gasteiger charge is 2.18. The number of nitrogens with one attached hydrogen (secondary N) is 1. The lowest BCUT2D eigenvalue weighted by Crippen LogP contribution is -2.13. The van der Waals surface area contributed by atoms with Gasteiger partial charge in [-0.3, -0.25) is 10.1 Å². The Bertz CT molecular complexity index is 886. The molecular weight excluding hydrogens is 293 g/mol. The zero-order valence-corrected chi connectivity index (χ0v) is 11.3. The van der Waals surface area contributed by atoms with Crippen molar-refractivity contribution < 1.29 is 13.2 Å². The molecule has 7 heteroatoms. The van der Waals surface area contributed by atoms with Crippen molar-refractivity contribution in [2.45, 2.75) is 6.54 Å². The van der Waals surface area contributed by atoms with E-state index < -0.39 is 23.3 Å². The van der Waals surface area contributed by atoms with Crippen LogP contribution in [0.1, 0.15) is 11.3 Å². The molecule has 0 fully saturated rings. The molecule has 0 radical (unpaired) electrons. The molecule has 3 N–H and O–H groups in total. The Kier molecular flexibility index (Phi) is 3.32. The summed E-state index contributed by atoms with van der Waals surface area (Å²) in [7, 11) is 0. The third-order valence-electron chi connectivity index (χ3n) is 3.30. The monoisotopic (exact) mass is 304 g/mol. The van der Waals surface area contributed by atoms with Crippen molar-refractivity contribution in [1.82, 2.24) is 9.78 Å². The highest BCUT2D eigenvalue weighted by molar-refractivity contribution is 6.05. The number of hydrogen-bond acceptors (Lipinski definition) is 2. The molecule has 0 aliphatic heterocycles. The molecular formula is C15H11F3N4. The number of nitrogen functional groups attached to an aromatic ring is 1. The molecule has 3 aromatic rings. The van der Waals surface area contributed by atoms with E-state index in [0.29, 0.717) is 11.6 Å². The van der Waals surface area contributed by atoms with Crippen molar-refractivity contribution in [3.05, 3.63) is 65.1 Å². The van der Waals surface area contributed by atoms with Crippen LogP contribution in [0.25, 0.3) is 10.9 Å². The highest BCUT2D eigenvalue weighted by atomic mass is 19.1. The third-order valence-corrected chi connectivity index (χ3v) is 3.30. The molecule has 0 bridgehead atoms. The van der Waals surface area contributed by atoms with Gasteiger partial charge in [0.25, 0.3) is 0 Å². The number of nitrogens with two attached hydrogens (primary N) is 1. The number of halogens is 3. The molecule has 0 atom stereocenters. The van der Waals surface area contributed by atoms with Gasteiger partial charge in [-0.25, -0.2) is 13.2 Å². The lowest BCUT2D eigenvalue weighted by molar-refractivity contribution is 0.571. The minimum atomic E-state index is -0.841. The lowest BCUT2D eigenvalue weighted by atomic mass is 10.1. The quantitative estimate of drug-likeness (QED) is 0.577. The van der Waals surface area contributed by atoms with Crippen molar-refractivity contribution in [3.63, 3.8) is 0 Å². The second-order valence-electron chi connectivity index (χ2n) is 4.80. The van der Waals surface area contributed by atoms with Gasteiger partial charge in [0, 0.05) is 17.0 Å². The second kappa shape index (κ2) is 5.18. The predicted molar refractivity (Wildman–Crippen MR) is 76.2 cm³/mol. The van der Waals surface area contributed by atoms with Crippen LogP contribution in [0.3, 0.4) is 0 Å². The molecule has 0 amide bonds. The summed E-state index contributed by atoms with van der Waals surface area (Å²) in [6, 6.07) is 7.77. The zero-order chi connectivity index (χ0) is 15.9. The topological polar surface area (TPSA) is 67.7 Å². The van der Waals surface area contributed by atoms with Gasteiger partial charge in [-0.1, -0.05) is 18.2 Å². The maximum atomic E-state index is 14.1. The van der Waals surface area contributed by atoms with Gasteiger partial charge in [0.05, 0.1) is 6.54 Å². The van der Waals surface area contributed by atoms with E-state index in [1.54, 1.807) is 6.07 Å². The van der Waals surface area contributed by atoms with Crippen LogP contribution in [0.4, 0.5) is 13.2 Å². The molecule has 0 saturated carbocycles. The number of nitrogens with zero attached hydrogens (tertiary/aromatic N) is 2. The molecule has 0 aliphatic rings. The maximum Gasteiger partial charge on any atom is 0.152 e. The van der Waals surface area contributed by atoms with Gasteiger partial charge in [0.1, 0.15) is 28.7 Å². The second-order valence-corrected chi connectivity index (χ2v) is 4.80. The Morgan fingerprint density at radius 2 is 1.86 bits per heavy atom. The van der Waals surface area contributed by atoms with Crippen LogP contribution < -0.4 is 5.73 Å². The average molecular weight is 304 g/mol. The molecule has 0 unspecified atom stereocenters. The molecule has 1 aromatic heterocycles. The largest absolute Gasteiger partial charge is 0.382 e. The number of amidine groups is 1. The summed E-state index contributed by atoms with van der Waals surface area (Å²) in [6.07, 6.45) is 0. The smallest absolute Gasteiger partial charge is 0.152 e. The van der Waals surface area contributed by atoms with Crippen molar-refractivity contribution in [3.8, 4) is 0 Å². The number of aromatic nitrogens is 2. The summed E-state index contributed by atoms with van der Waals surface area (Å²) in [5.74, 6) is -2.51. The summed E-state index contributed by atoms with van der Waals surface area (Å²) in [4.78, 5) is 0. The van der Waals surface area contributed by atoms with Gasteiger partial charge >= 0.3 is 0 Å². The number of rotatable bonds is 3. The van der Waals surface area contributed by atoms with E-state index in [0.717, 1.165) is 6.07 Å². The summed E-state index contributed by atoms with van der Waals surface area (Å²) in [5, 5.41) is 11.6. The van der Waals surface area contributed by atoms with Crippen LogP contribution in [-0.2, 0) is 6.54 Å². The molecule has 2 aromatic carbocycles. The normalized spacial score (nSPS) is 11.0. The van der Waals surface area contributed by atoms with Crippen LogP contribution in [0.2, 0.25) is 0 Å². The Labute approximate surface area is 123 Å². The highest BCUT2D eigenvalue weighted by Crippen LogP contribution is 2.24. The Balaban J connectivity index is 2.22. The van der Waals surface area contributed by atoms with Crippen LogP contribution in [0, 0.1) is 22.9 Å². The van der Waals surface area contributed by atoms with Gasteiger partial charge in [-0.15, -0.1) is 0 Å². The van der Waals surface area contributed by atoms with Gasteiger partial charge < -0.3 is 5.73 Å². The summed E-state index contributed by atoms with van der Waals surface area (Å²) in [5.41, 5.74) is 5.65. The van der Waals surface area contributed by atoms with Gasteiger partial charge in [-0.05, 0) is 12.1 Å². The molecule has 0 saturated heterocycles. The van der Waals surface area contributed by atoms with Crippen molar-refractivity contribution in [2.75, 3.05) is 0 Å². The first-order valence-corrected chi connectivity index (χ1v) is 6.40. The average Bonchev–Trinajstić information content (AvgIpc) is 2.80. The first-order chi connectivity index (χ1) is 10.5. The SMILES string of the molecule is N=C(N)c1nn(Cc2ccccc2F)c2c(F)cc(F)cc12. The van der Waals surface area contributed by atoms with Gasteiger partial charge in [-0.2, -0.15) is 5.10 Å². The van der Waals surface area contributed by atoms with Gasteiger partial charge in [0.15, 0.2) is 5.82 Å². The standard InChI is InChI=1S/C15H11F3N4/c16-9-5-10-13(15(19)20)21-22(14(10)12(18)6-9)7-8-3-1-2-4-11(8)17/h1-6H,7H2,(H3,19,20). The number of fused-ring (bicyclic) bond motifs is 1. The zero-order valence-electron chi connectivity index (χ0n) is 11.3. The minimum Gasteiger partial charge on any atom is -0.382 e. The Morgan fingerprint density at radius 1 is 1.14 bits per heavy atom. The van der Waals surface area contributed by atoms with Crippen LogP contribution in [0.15, 0.2) is 36.4 Å². The number of benzene rings is 2. The molecule has 112 valence electrons. The third kappa shape index (κ3) is 2.30. The molecule has 3 rings (SSSR count). The van der Waals surface area contributed by atoms with E-state index in [2.05, 4.69) is 5.10 Å². The van der Waals surface area contributed by atoms with Crippen molar-refractivity contribution in [1.29, 1.82) is 5.41 Å². The molecule has 0 aliphatic carbocycles. The fourth-order valence-corrected chi connectivity index (χ4v) is 2.33. The van der Waals surface area contributed by atoms with Crippen molar-refractivity contribution in [2.24, 2.45) is 5.73 Å².